The molecule has 1 aliphatic rings. The van der Waals surface area contributed by atoms with Crippen LogP contribution >= 0.6 is 0 Å². The van der Waals surface area contributed by atoms with Gasteiger partial charge >= 0.3 is 0 Å². The molecule has 88 valence electrons. The van der Waals surface area contributed by atoms with Gasteiger partial charge in [-0.25, -0.2) is 0 Å². The second-order valence-corrected chi connectivity index (χ2v) is 4.07. The van der Waals surface area contributed by atoms with Crippen LogP contribution in [0.1, 0.15) is 26.7 Å². The van der Waals surface area contributed by atoms with Gasteiger partial charge in [0.05, 0.1) is 5.41 Å². The molecule has 0 bridgehead atoms. The maximum absolute atomic E-state index is 12.3. The van der Waals surface area contributed by atoms with Crippen LogP contribution in [0.4, 0.5) is 0 Å². The van der Waals surface area contributed by atoms with E-state index >= 15 is 0 Å². The van der Waals surface area contributed by atoms with E-state index in [9.17, 15) is 4.79 Å². The Kier molecular flexibility index (Phi) is 4.54. The molecule has 0 atom stereocenters. The zero-order valence-corrected chi connectivity index (χ0v) is 9.79. The highest BCUT2D eigenvalue weighted by molar-refractivity contribution is 5.83. The van der Waals surface area contributed by atoms with Crippen molar-refractivity contribution in [2.75, 3.05) is 32.8 Å². The summed E-state index contributed by atoms with van der Waals surface area (Å²) in [5.41, 5.74) is 5.43. The number of carbonyl (C=O) groups excluding carboxylic acids is 1. The average Bonchev–Trinajstić information content (AvgIpc) is 2.31. The van der Waals surface area contributed by atoms with Crippen LogP contribution in [0.3, 0.4) is 0 Å². The van der Waals surface area contributed by atoms with Gasteiger partial charge in [-0.05, 0) is 26.7 Å². The number of carbonyl (C=O) groups is 1. The molecule has 2 N–H and O–H groups in total. The van der Waals surface area contributed by atoms with Crippen LogP contribution in [0.5, 0.6) is 0 Å². The summed E-state index contributed by atoms with van der Waals surface area (Å²) in [7, 11) is 0. The number of nitrogens with zero attached hydrogens (tertiary/aromatic N) is 1. The summed E-state index contributed by atoms with van der Waals surface area (Å²) in [6, 6.07) is 0. The van der Waals surface area contributed by atoms with Crippen LogP contribution in [0.15, 0.2) is 0 Å². The third-order valence-electron chi connectivity index (χ3n) is 3.34. The summed E-state index contributed by atoms with van der Waals surface area (Å²) in [6.07, 6.45) is 1.53. The van der Waals surface area contributed by atoms with Gasteiger partial charge in [0.1, 0.15) is 0 Å². The van der Waals surface area contributed by atoms with Crippen molar-refractivity contribution in [1.29, 1.82) is 0 Å². The number of amides is 1. The largest absolute Gasteiger partial charge is 0.381 e. The Hall–Kier alpha value is -0.610. The molecule has 0 radical (unpaired) electrons. The molecule has 4 nitrogen and oxygen atoms in total. The average molecular weight is 214 g/mol. The van der Waals surface area contributed by atoms with Gasteiger partial charge in [0.15, 0.2) is 0 Å². The van der Waals surface area contributed by atoms with Gasteiger partial charge in [-0.15, -0.1) is 0 Å². The topological polar surface area (TPSA) is 55.6 Å². The predicted molar refractivity (Wildman–Crippen MR) is 59.5 cm³/mol. The Morgan fingerprint density at radius 1 is 1.33 bits per heavy atom. The first kappa shape index (κ1) is 12.5. The van der Waals surface area contributed by atoms with Crippen LogP contribution in [-0.4, -0.2) is 43.7 Å². The third kappa shape index (κ3) is 2.49. The summed E-state index contributed by atoms with van der Waals surface area (Å²) in [5.74, 6) is 0.207. The minimum atomic E-state index is -0.357. The van der Waals surface area contributed by atoms with E-state index < -0.39 is 0 Å². The highest BCUT2D eigenvalue weighted by atomic mass is 16.5. The monoisotopic (exact) mass is 214 g/mol. The maximum Gasteiger partial charge on any atom is 0.230 e. The van der Waals surface area contributed by atoms with Crippen molar-refractivity contribution in [1.82, 2.24) is 4.90 Å². The van der Waals surface area contributed by atoms with Crippen molar-refractivity contribution in [2.24, 2.45) is 11.1 Å². The molecule has 1 fully saturated rings. The summed E-state index contributed by atoms with van der Waals surface area (Å²) < 4.78 is 5.30. The lowest BCUT2D eigenvalue weighted by molar-refractivity contribution is -0.146. The summed E-state index contributed by atoms with van der Waals surface area (Å²) >= 11 is 0. The predicted octanol–water partition coefficient (Wildman–Crippen LogP) is 0.610. The molecule has 0 aliphatic carbocycles. The molecule has 1 rings (SSSR count). The summed E-state index contributed by atoms with van der Waals surface area (Å²) in [6.45, 7) is 7.28. The van der Waals surface area contributed by atoms with E-state index in [0.29, 0.717) is 19.8 Å². The second-order valence-electron chi connectivity index (χ2n) is 4.07. The standard InChI is InChI=1S/C11H22N2O2/c1-3-13(4-2)10(14)11(9-12)5-7-15-8-6-11/h3-9,12H2,1-2H3. The van der Waals surface area contributed by atoms with Gasteiger partial charge in [0, 0.05) is 32.8 Å². The summed E-state index contributed by atoms with van der Waals surface area (Å²) in [4.78, 5) is 14.2. The minimum absolute atomic E-state index is 0.207. The molecule has 1 saturated heterocycles. The Labute approximate surface area is 91.8 Å². The highest BCUT2D eigenvalue weighted by Crippen LogP contribution is 2.31. The smallest absolute Gasteiger partial charge is 0.230 e. The van der Waals surface area contributed by atoms with E-state index in [-0.39, 0.29) is 11.3 Å². The Bertz CT molecular complexity index is 209. The SMILES string of the molecule is CCN(CC)C(=O)C1(CN)CCOCC1. The lowest BCUT2D eigenvalue weighted by Crippen LogP contribution is -2.50. The molecule has 0 unspecified atom stereocenters. The van der Waals surface area contributed by atoms with Gasteiger partial charge in [0.2, 0.25) is 5.91 Å². The molecule has 1 heterocycles. The van der Waals surface area contributed by atoms with E-state index in [1.54, 1.807) is 0 Å². The molecule has 0 aromatic carbocycles. The van der Waals surface area contributed by atoms with Gasteiger partial charge in [-0.1, -0.05) is 0 Å². The molecule has 4 heteroatoms. The molecule has 0 aromatic heterocycles. The van der Waals surface area contributed by atoms with Crippen LogP contribution in [0.2, 0.25) is 0 Å². The molecule has 1 amide bonds. The lowest BCUT2D eigenvalue weighted by atomic mass is 9.79. The third-order valence-corrected chi connectivity index (χ3v) is 3.34. The van der Waals surface area contributed by atoms with E-state index in [1.807, 2.05) is 18.7 Å². The van der Waals surface area contributed by atoms with Gasteiger partial charge in [-0.2, -0.15) is 0 Å². The first-order valence-electron chi connectivity index (χ1n) is 5.77. The summed E-state index contributed by atoms with van der Waals surface area (Å²) in [5, 5.41) is 0. The Morgan fingerprint density at radius 2 is 1.87 bits per heavy atom. The number of nitrogens with two attached hydrogens (primary N) is 1. The van der Waals surface area contributed by atoms with Gasteiger partial charge in [-0.3, -0.25) is 4.79 Å². The second kappa shape index (κ2) is 5.47. The Morgan fingerprint density at radius 3 is 2.27 bits per heavy atom. The number of hydrogen-bond acceptors (Lipinski definition) is 3. The van der Waals surface area contributed by atoms with Crippen LogP contribution in [0.25, 0.3) is 0 Å². The molecular formula is C11H22N2O2. The molecule has 0 aromatic rings. The van der Waals surface area contributed by atoms with Crippen molar-refractivity contribution in [3.05, 3.63) is 0 Å². The number of rotatable bonds is 4. The van der Waals surface area contributed by atoms with E-state index in [4.69, 9.17) is 10.5 Å². The van der Waals surface area contributed by atoms with Crippen LogP contribution in [0, 0.1) is 5.41 Å². The van der Waals surface area contributed by atoms with E-state index in [1.165, 1.54) is 0 Å². The van der Waals surface area contributed by atoms with E-state index in [0.717, 1.165) is 25.9 Å². The Balaban J connectivity index is 2.75. The van der Waals surface area contributed by atoms with Crippen molar-refractivity contribution in [3.63, 3.8) is 0 Å². The van der Waals surface area contributed by atoms with Crippen molar-refractivity contribution in [3.8, 4) is 0 Å². The molecule has 0 saturated carbocycles. The fraction of sp³-hybridized carbons (Fsp3) is 0.909. The minimum Gasteiger partial charge on any atom is -0.381 e. The maximum atomic E-state index is 12.3. The quantitative estimate of drug-likeness (QED) is 0.746. The fourth-order valence-electron chi connectivity index (χ4n) is 2.11. The van der Waals surface area contributed by atoms with Crippen LogP contribution < -0.4 is 5.73 Å². The first-order chi connectivity index (χ1) is 7.20. The number of hydrogen-bond donors (Lipinski definition) is 1. The lowest BCUT2D eigenvalue weighted by Gasteiger charge is -2.38. The molecular weight excluding hydrogens is 192 g/mol. The van der Waals surface area contributed by atoms with Gasteiger partial charge in [0.25, 0.3) is 0 Å². The van der Waals surface area contributed by atoms with Crippen molar-refractivity contribution < 1.29 is 9.53 Å². The van der Waals surface area contributed by atoms with Gasteiger partial charge < -0.3 is 15.4 Å². The molecule has 15 heavy (non-hydrogen) atoms. The van der Waals surface area contributed by atoms with E-state index in [2.05, 4.69) is 0 Å². The first-order valence-corrected chi connectivity index (χ1v) is 5.77. The zero-order chi connectivity index (χ0) is 11.3. The normalized spacial score (nSPS) is 19.9. The molecule has 1 aliphatic heterocycles. The van der Waals surface area contributed by atoms with Crippen molar-refractivity contribution >= 4 is 5.91 Å². The molecule has 0 spiro atoms. The highest BCUT2D eigenvalue weighted by Gasteiger charge is 2.40. The number of ether oxygens (including phenoxy) is 1. The van der Waals surface area contributed by atoms with Crippen molar-refractivity contribution in [2.45, 2.75) is 26.7 Å². The fourth-order valence-corrected chi connectivity index (χ4v) is 2.11. The van der Waals surface area contributed by atoms with Crippen LogP contribution in [-0.2, 0) is 9.53 Å². The zero-order valence-electron chi connectivity index (χ0n) is 9.79.